The van der Waals surface area contributed by atoms with E-state index in [4.69, 9.17) is 0 Å². The van der Waals surface area contributed by atoms with Gasteiger partial charge in [0.1, 0.15) is 0 Å². The normalized spacial score (nSPS) is 11.0. The Morgan fingerprint density at radius 2 is 0.897 bits per heavy atom. The predicted molar refractivity (Wildman–Crippen MR) is 122 cm³/mol. The summed E-state index contributed by atoms with van der Waals surface area (Å²) in [7, 11) is 0. The molecule has 0 spiro atoms. The van der Waals surface area contributed by atoms with E-state index < -0.39 is 5.97 Å². The maximum atomic E-state index is 11.5. The zero-order chi connectivity index (χ0) is 21.6. The average Bonchev–Trinajstić information content (AvgIpc) is 2.58. The summed E-state index contributed by atoms with van der Waals surface area (Å²) >= 11 is 0. The van der Waals surface area contributed by atoms with Crippen molar-refractivity contribution in [2.24, 2.45) is 0 Å². The zero-order valence-electron chi connectivity index (χ0n) is 18.7. The highest BCUT2D eigenvalue weighted by Gasteiger charge is 2.20. The van der Waals surface area contributed by atoms with Crippen LogP contribution in [0, 0.1) is 55.4 Å². The molecule has 29 heavy (non-hydrogen) atoms. The van der Waals surface area contributed by atoms with Crippen LogP contribution in [-0.4, -0.2) is 11.1 Å². The Balaban J connectivity index is 2.38. The predicted octanol–water partition coefficient (Wildman–Crippen LogP) is 7.19. The van der Waals surface area contributed by atoms with Gasteiger partial charge in [-0.05, 0) is 129 Å². The van der Waals surface area contributed by atoms with Gasteiger partial charge < -0.3 is 5.11 Å². The topological polar surface area (TPSA) is 37.3 Å². The SMILES string of the molecule is Cc1cc(C)c(-c2c(C)cc(C)c(-c3c(C)cc(C(=O)O)cc3C)c2C)c(C)c1. The largest absolute Gasteiger partial charge is 0.478 e. The van der Waals surface area contributed by atoms with Crippen molar-refractivity contribution in [3.63, 3.8) is 0 Å². The summed E-state index contributed by atoms with van der Waals surface area (Å²) in [6, 6.07) is 10.3. The highest BCUT2D eigenvalue weighted by Crippen LogP contribution is 2.42. The maximum Gasteiger partial charge on any atom is 0.335 e. The van der Waals surface area contributed by atoms with Crippen LogP contribution in [-0.2, 0) is 0 Å². The minimum atomic E-state index is -0.883. The molecule has 0 fully saturated rings. The molecule has 3 rings (SSSR count). The number of aromatic carboxylic acids is 1. The van der Waals surface area contributed by atoms with E-state index in [2.05, 4.69) is 59.7 Å². The summed E-state index contributed by atoms with van der Waals surface area (Å²) in [5.74, 6) is -0.883. The summed E-state index contributed by atoms with van der Waals surface area (Å²) in [6.07, 6.45) is 0. The van der Waals surface area contributed by atoms with Crippen molar-refractivity contribution in [1.82, 2.24) is 0 Å². The van der Waals surface area contributed by atoms with Gasteiger partial charge in [0.25, 0.3) is 0 Å². The van der Waals surface area contributed by atoms with E-state index in [9.17, 15) is 9.90 Å². The second-order valence-electron chi connectivity index (χ2n) is 8.45. The van der Waals surface area contributed by atoms with Gasteiger partial charge in [0.05, 0.1) is 5.56 Å². The van der Waals surface area contributed by atoms with E-state index in [1.807, 2.05) is 13.8 Å². The van der Waals surface area contributed by atoms with Crippen LogP contribution >= 0.6 is 0 Å². The molecule has 0 aliphatic carbocycles. The van der Waals surface area contributed by atoms with E-state index in [1.165, 1.54) is 50.1 Å². The molecule has 3 aromatic rings. The molecule has 2 heteroatoms. The lowest BCUT2D eigenvalue weighted by molar-refractivity contribution is 0.0696. The summed E-state index contributed by atoms with van der Waals surface area (Å²) < 4.78 is 0. The third-order valence-corrected chi connectivity index (χ3v) is 5.93. The number of hydrogen-bond donors (Lipinski definition) is 1. The first-order valence-electron chi connectivity index (χ1n) is 10.1. The Morgan fingerprint density at radius 3 is 1.28 bits per heavy atom. The Labute approximate surface area is 174 Å². The van der Waals surface area contributed by atoms with E-state index in [0.29, 0.717) is 5.56 Å². The van der Waals surface area contributed by atoms with Crippen LogP contribution in [0.1, 0.15) is 54.9 Å². The lowest BCUT2D eigenvalue weighted by Crippen LogP contribution is -2.03. The number of benzene rings is 3. The molecule has 0 radical (unpaired) electrons. The minimum absolute atomic E-state index is 0.344. The van der Waals surface area contributed by atoms with E-state index in [0.717, 1.165) is 16.7 Å². The first-order chi connectivity index (χ1) is 13.5. The summed E-state index contributed by atoms with van der Waals surface area (Å²) in [5, 5.41) is 9.42. The Kier molecular flexibility index (Phi) is 5.40. The second-order valence-corrected chi connectivity index (χ2v) is 8.45. The molecule has 0 atom stereocenters. The number of carboxylic acids is 1. The third kappa shape index (κ3) is 3.60. The molecule has 0 aliphatic rings. The van der Waals surface area contributed by atoms with Crippen LogP contribution in [0.2, 0.25) is 0 Å². The first-order valence-corrected chi connectivity index (χ1v) is 10.1. The molecule has 0 bridgehead atoms. The first kappa shape index (κ1) is 20.9. The fraction of sp³-hybridized carbons (Fsp3) is 0.296. The fourth-order valence-corrected chi connectivity index (χ4v) is 5.01. The Bertz CT molecular complexity index is 1100. The van der Waals surface area contributed by atoms with Crippen LogP contribution < -0.4 is 0 Å². The number of hydrogen-bond acceptors (Lipinski definition) is 1. The van der Waals surface area contributed by atoms with Gasteiger partial charge in [0.15, 0.2) is 0 Å². The van der Waals surface area contributed by atoms with Crippen molar-refractivity contribution in [3.8, 4) is 22.3 Å². The van der Waals surface area contributed by atoms with Gasteiger partial charge in [0.2, 0.25) is 0 Å². The Morgan fingerprint density at radius 1 is 0.552 bits per heavy atom. The molecule has 0 amide bonds. The number of carbonyl (C=O) groups is 1. The van der Waals surface area contributed by atoms with Gasteiger partial charge >= 0.3 is 5.97 Å². The van der Waals surface area contributed by atoms with E-state index in [1.54, 1.807) is 12.1 Å². The third-order valence-electron chi connectivity index (χ3n) is 5.93. The van der Waals surface area contributed by atoms with Crippen molar-refractivity contribution in [1.29, 1.82) is 0 Å². The zero-order valence-corrected chi connectivity index (χ0v) is 18.7. The summed E-state index contributed by atoms with van der Waals surface area (Å²) in [5.41, 5.74) is 14.9. The van der Waals surface area contributed by atoms with Crippen molar-refractivity contribution < 1.29 is 9.90 Å². The number of aryl methyl sites for hydroxylation is 7. The highest BCUT2D eigenvalue weighted by molar-refractivity contribution is 5.92. The molecule has 2 nitrogen and oxygen atoms in total. The molecule has 0 saturated heterocycles. The lowest BCUT2D eigenvalue weighted by atomic mass is 9.81. The molecular weight excluding hydrogens is 356 g/mol. The molecule has 0 heterocycles. The van der Waals surface area contributed by atoms with Crippen LogP contribution in [0.25, 0.3) is 22.3 Å². The van der Waals surface area contributed by atoms with Crippen LogP contribution in [0.5, 0.6) is 0 Å². The molecule has 3 aromatic carbocycles. The summed E-state index contributed by atoms with van der Waals surface area (Å²) in [6.45, 7) is 17.1. The van der Waals surface area contributed by atoms with Crippen molar-refractivity contribution in [2.75, 3.05) is 0 Å². The van der Waals surface area contributed by atoms with Gasteiger partial charge in [-0.3, -0.25) is 0 Å². The molecule has 0 saturated carbocycles. The van der Waals surface area contributed by atoms with Crippen LogP contribution in [0.4, 0.5) is 0 Å². The molecule has 1 N–H and O–H groups in total. The van der Waals surface area contributed by atoms with Crippen molar-refractivity contribution in [2.45, 2.75) is 55.4 Å². The second kappa shape index (κ2) is 7.51. The van der Waals surface area contributed by atoms with Crippen molar-refractivity contribution in [3.05, 3.63) is 80.4 Å². The molecule has 0 aromatic heterocycles. The van der Waals surface area contributed by atoms with Crippen molar-refractivity contribution >= 4 is 5.97 Å². The minimum Gasteiger partial charge on any atom is -0.478 e. The average molecular weight is 387 g/mol. The monoisotopic (exact) mass is 386 g/mol. The number of carboxylic acid groups (broad SMARTS) is 1. The Hall–Kier alpha value is -2.87. The van der Waals surface area contributed by atoms with E-state index >= 15 is 0 Å². The maximum absolute atomic E-state index is 11.5. The van der Waals surface area contributed by atoms with E-state index in [-0.39, 0.29) is 0 Å². The van der Waals surface area contributed by atoms with Gasteiger partial charge in [-0.25, -0.2) is 4.79 Å². The molecule has 0 unspecified atom stereocenters. The van der Waals surface area contributed by atoms with Crippen LogP contribution in [0.15, 0.2) is 30.3 Å². The lowest BCUT2D eigenvalue weighted by Gasteiger charge is -2.23. The van der Waals surface area contributed by atoms with Gasteiger partial charge in [-0.2, -0.15) is 0 Å². The summed E-state index contributed by atoms with van der Waals surface area (Å²) in [4.78, 5) is 11.5. The van der Waals surface area contributed by atoms with Gasteiger partial charge in [0, 0.05) is 0 Å². The fourth-order valence-electron chi connectivity index (χ4n) is 5.01. The highest BCUT2D eigenvalue weighted by atomic mass is 16.4. The molecular formula is C27H30O2. The standard InChI is InChI=1S/C27H30O2/c1-14-9-15(2)23(16(3)10-14)25-17(4)11-18(5)26(21(25)8)24-19(6)12-22(27(28)29)13-20(24)7/h9-13H,1-8H3,(H,28,29). The number of rotatable bonds is 3. The van der Waals surface area contributed by atoms with Gasteiger partial charge in [-0.1, -0.05) is 23.8 Å². The smallest absolute Gasteiger partial charge is 0.335 e. The molecule has 0 aliphatic heterocycles. The van der Waals surface area contributed by atoms with Crippen LogP contribution in [0.3, 0.4) is 0 Å². The van der Waals surface area contributed by atoms with Gasteiger partial charge in [-0.15, -0.1) is 0 Å². The quantitative estimate of drug-likeness (QED) is 0.517. The molecule has 150 valence electrons.